The Morgan fingerprint density at radius 2 is 1.91 bits per heavy atom. The molecule has 0 radical (unpaired) electrons. The predicted molar refractivity (Wildman–Crippen MR) is 90.0 cm³/mol. The van der Waals surface area contributed by atoms with Gasteiger partial charge in [0.05, 0.1) is 12.2 Å². The van der Waals surface area contributed by atoms with Crippen LogP contribution in [0.3, 0.4) is 0 Å². The molecule has 22 heavy (non-hydrogen) atoms. The average Bonchev–Trinajstić information content (AvgIpc) is 2.50. The third-order valence-corrected chi connectivity index (χ3v) is 3.63. The highest BCUT2D eigenvalue weighted by molar-refractivity contribution is 6.32. The number of hydrogen-bond acceptors (Lipinski definition) is 3. The molecule has 1 amide bonds. The molecule has 0 bridgehead atoms. The van der Waals surface area contributed by atoms with E-state index in [2.05, 4.69) is 41.5 Å². The summed E-state index contributed by atoms with van der Waals surface area (Å²) in [6.45, 7) is 3.15. The van der Waals surface area contributed by atoms with E-state index in [1.54, 1.807) is 18.3 Å². The summed E-state index contributed by atoms with van der Waals surface area (Å²) in [5, 5.41) is 3.07. The molecule has 0 saturated carbocycles. The van der Waals surface area contributed by atoms with Gasteiger partial charge in [0.1, 0.15) is 0 Å². The zero-order valence-electron chi connectivity index (χ0n) is 12.8. The molecule has 116 valence electrons. The van der Waals surface area contributed by atoms with Crippen molar-refractivity contribution in [1.29, 1.82) is 0 Å². The average molecular weight is 318 g/mol. The van der Waals surface area contributed by atoms with Crippen LogP contribution in [0.25, 0.3) is 0 Å². The molecule has 1 heterocycles. The van der Waals surface area contributed by atoms with Crippen LogP contribution in [0.5, 0.6) is 0 Å². The minimum Gasteiger partial charge on any atom is -0.322 e. The summed E-state index contributed by atoms with van der Waals surface area (Å²) in [4.78, 5) is 17.9. The van der Waals surface area contributed by atoms with E-state index < -0.39 is 0 Å². The molecule has 0 saturated heterocycles. The van der Waals surface area contributed by atoms with E-state index >= 15 is 0 Å². The van der Waals surface area contributed by atoms with Gasteiger partial charge in [-0.2, -0.15) is 0 Å². The fraction of sp³-hybridized carbons (Fsp3) is 0.294. The van der Waals surface area contributed by atoms with E-state index in [9.17, 15) is 4.79 Å². The highest BCUT2D eigenvalue weighted by atomic mass is 35.5. The molecular weight excluding hydrogens is 298 g/mol. The van der Waals surface area contributed by atoms with E-state index in [-0.39, 0.29) is 5.91 Å². The van der Waals surface area contributed by atoms with E-state index in [0.29, 0.717) is 17.4 Å². The molecule has 0 atom stereocenters. The van der Waals surface area contributed by atoms with Gasteiger partial charge in [-0.05, 0) is 36.7 Å². The third-order valence-electron chi connectivity index (χ3n) is 3.33. The molecule has 4 nitrogen and oxygen atoms in total. The van der Waals surface area contributed by atoms with Gasteiger partial charge in [0.25, 0.3) is 0 Å². The Hall–Kier alpha value is -1.91. The molecule has 1 N–H and O–H groups in total. The number of carbonyl (C=O) groups excluding carboxylic acids is 1. The molecule has 0 unspecified atom stereocenters. The van der Waals surface area contributed by atoms with Crippen molar-refractivity contribution in [3.8, 4) is 0 Å². The molecular formula is C17H20ClN3O. The van der Waals surface area contributed by atoms with Crippen molar-refractivity contribution < 1.29 is 4.79 Å². The fourth-order valence-electron chi connectivity index (χ4n) is 2.16. The summed E-state index contributed by atoms with van der Waals surface area (Å²) in [6.07, 6.45) is 2.62. The van der Waals surface area contributed by atoms with Gasteiger partial charge in [-0.25, -0.2) is 4.98 Å². The lowest BCUT2D eigenvalue weighted by atomic mass is 10.1. The van der Waals surface area contributed by atoms with Crippen LogP contribution in [0.2, 0.25) is 5.15 Å². The number of halogens is 1. The first-order valence-corrected chi connectivity index (χ1v) is 7.63. The second-order valence-electron chi connectivity index (χ2n) is 5.23. The molecule has 0 aliphatic carbocycles. The largest absolute Gasteiger partial charge is 0.322 e. The fourth-order valence-corrected chi connectivity index (χ4v) is 2.33. The van der Waals surface area contributed by atoms with Crippen LogP contribution in [0.15, 0.2) is 42.6 Å². The Kier molecular flexibility index (Phi) is 5.92. The zero-order valence-corrected chi connectivity index (χ0v) is 13.6. The van der Waals surface area contributed by atoms with Gasteiger partial charge in [0, 0.05) is 12.7 Å². The first kappa shape index (κ1) is 16.5. The maximum Gasteiger partial charge on any atom is 0.238 e. The Morgan fingerprint density at radius 1 is 1.23 bits per heavy atom. The summed E-state index contributed by atoms with van der Waals surface area (Å²) in [6, 6.07) is 11.9. The number of nitrogens with one attached hydrogen (secondary N) is 1. The Labute approximate surface area is 136 Å². The van der Waals surface area contributed by atoms with Crippen molar-refractivity contribution >= 4 is 23.2 Å². The number of benzene rings is 1. The number of aromatic nitrogens is 1. The van der Waals surface area contributed by atoms with Crippen LogP contribution in [0.1, 0.15) is 18.1 Å². The smallest absolute Gasteiger partial charge is 0.238 e. The summed E-state index contributed by atoms with van der Waals surface area (Å²) in [5.74, 6) is -0.109. The number of rotatable bonds is 6. The van der Waals surface area contributed by atoms with Crippen LogP contribution in [0.4, 0.5) is 5.69 Å². The summed E-state index contributed by atoms with van der Waals surface area (Å²) >= 11 is 5.92. The predicted octanol–water partition coefficient (Wildman–Crippen LogP) is 3.37. The maximum atomic E-state index is 12.0. The molecule has 1 aromatic heterocycles. The van der Waals surface area contributed by atoms with E-state index in [0.717, 1.165) is 13.0 Å². The second-order valence-corrected chi connectivity index (χ2v) is 5.59. The van der Waals surface area contributed by atoms with Gasteiger partial charge in [-0.1, -0.05) is 42.8 Å². The van der Waals surface area contributed by atoms with Gasteiger partial charge >= 0.3 is 0 Å². The molecule has 5 heteroatoms. The Bertz CT molecular complexity index is 628. The number of likely N-dealkylation sites (N-methyl/N-ethyl adjacent to an activating group) is 1. The molecule has 2 aromatic rings. The second kappa shape index (κ2) is 7.92. The van der Waals surface area contributed by atoms with Crippen LogP contribution < -0.4 is 5.32 Å². The number of carbonyl (C=O) groups is 1. The standard InChI is InChI=1S/C17H20ClN3O/c1-3-13-6-8-14(9-7-13)11-21(2)12-16(22)20-15-5-4-10-19-17(15)18/h4-10H,3,11-12H2,1-2H3,(H,20,22). The van der Waals surface area contributed by atoms with Crippen molar-refractivity contribution in [2.24, 2.45) is 0 Å². The first-order chi connectivity index (χ1) is 10.6. The monoisotopic (exact) mass is 317 g/mol. The summed E-state index contributed by atoms with van der Waals surface area (Å²) < 4.78 is 0. The number of amides is 1. The minimum atomic E-state index is -0.109. The van der Waals surface area contributed by atoms with E-state index in [4.69, 9.17) is 11.6 Å². The molecule has 0 spiro atoms. The van der Waals surface area contributed by atoms with Crippen LogP contribution >= 0.6 is 11.6 Å². The van der Waals surface area contributed by atoms with Crippen LogP contribution in [-0.4, -0.2) is 29.4 Å². The molecule has 0 aliphatic rings. The molecule has 0 aliphatic heterocycles. The molecule has 0 fully saturated rings. The van der Waals surface area contributed by atoms with Crippen molar-refractivity contribution in [1.82, 2.24) is 9.88 Å². The van der Waals surface area contributed by atoms with Crippen molar-refractivity contribution in [3.63, 3.8) is 0 Å². The lowest BCUT2D eigenvalue weighted by Crippen LogP contribution is -2.29. The van der Waals surface area contributed by atoms with Gasteiger partial charge in [0.2, 0.25) is 5.91 Å². The van der Waals surface area contributed by atoms with Gasteiger partial charge in [-0.3, -0.25) is 9.69 Å². The lowest BCUT2D eigenvalue weighted by Gasteiger charge is -2.16. The number of pyridine rings is 1. The molecule has 2 rings (SSSR count). The quantitative estimate of drug-likeness (QED) is 0.831. The number of hydrogen-bond donors (Lipinski definition) is 1. The molecule has 1 aromatic carbocycles. The zero-order chi connectivity index (χ0) is 15.9. The number of nitrogens with zero attached hydrogens (tertiary/aromatic N) is 2. The minimum absolute atomic E-state index is 0.109. The van der Waals surface area contributed by atoms with Crippen molar-refractivity contribution in [3.05, 3.63) is 58.9 Å². The van der Waals surface area contributed by atoms with Crippen LogP contribution in [-0.2, 0) is 17.8 Å². The number of aryl methyl sites for hydroxylation is 1. The van der Waals surface area contributed by atoms with Gasteiger partial charge in [0.15, 0.2) is 5.15 Å². The highest BCUT2D eigenvalue weighted by Gasteiger charge is 2.09. The Balaban J connectivity index is 1.87. The van der Waals surface area contributed by atoms with E-state index in [1.165, 1.54) is 11.1 Å². The topological polar surface area (TPSA) is 45.2 Å². The summed E-state index contributed by atoms with van der Waals surface area (Å²) in [5.41, 5.74) is 3.04. The number of anilines is 1. The third kappa shape index (κ3) is 4.83. The van der Waals surface area contributed by atoms with Crippen molar-refractivity contribution in [2.75, 3.05) is 18.9 Å². The normalized spacial score (nSPS) is 10.7. The van der Waals surface area contributed by atoms with Crippen molar-refractivity contribution in [2.45, 2.75) is 19.9 Å². The van der Waals surface area contributed by atoms with Gasteiger partial charge < -0.3 is 5.32 Å². The summed E-state index contributed by atoms with van der Waals surface area (Å²) in [7, 11) is 1.91. The Morgan fingerprint density at radius 3 is 2.55 bits per heavy atom. The maximum absolute atomic E-state index is 12.0. The first-order valence-electron chi connectivity index (χ1n) is 7.25. The lowest BCUT2D eigenvalue weighted by molar-refractivity contribution is -0.117. The van der Waals surface area contributed by atoms with Gasteiger partial charge in [-0.15, -0.1) is 0 Å². The highest BCUT2D eigenvalue weighted by Crippen LogP contribution is 2.17. The SMILES string of the molecule is CCc1ccc(CN(C)CC(=O)Nc2cccnc2Cl)cc1. The van der Waals surface area contributed by atoms with Crippen LogP contribution in [0, 0.1) is 0 Å². The van der Waals surface area contributed by atoms with E-state index in [1.807, 2.05) is 11.9 Å².